The number of imidazole rings is 1. The predicted octanol–water partition coefficient (Wildman–Crippen LogP) is 8.34. The minimum atomic E-state index is -0.237. The number of benzene rings is 3. The molecular formula is C34H38FN3. The highest BCUT2D eigenvalue weighted by Gasteiger charge is 2.45. The first kappa shape index (κ1) is 25.1. The van der Waals surface area contributed by atoms with Crippen LogP contribution in [-0.2, 0) is 5.41 Å². The highest BCUT2D eigenvalue weighted by atomic mass is 19.1. The van der Waals surface area contributed by atoms with Crippen LogP contribution in [0.3, 0.4) is 0 Å². The van der Waals surface area contributed by atoms with Gasteiger partial charge in [0.15, 0.2) is 0 Å². The summed E-state index contributed by atoms with van der Waals surface area (Å²) >= 11 is 0. The maximum absolute atomic E-state index is 13.7. The molecule has 3 aromatic carbocycles. The topological polar surface area (TPSA) is 31.9 Å². The van der Waals surface area contributed by atoms with Crippen LogP contribution in [0.4, 0.5) is 4.39 Å². The third kappa shape index (κ3) is 4.19. The van der Waals surface area contributed by atoms with E-state index in [4.69, 9.17) is 4.98 Å². The summed E-state index contributed by atoms with van der Waals surface area (Å²) in [6, 6.07) is 23.0. The molecule has 3 aliphatic rings. The summed E-state index contributed by atoms with van der Waals surface area (Å²) in [6.07, 6.45) is 9.68. The predicted molar refractivity (Wildman–Crippen MR) is 156 cm³/mol. The Morgan fingerprint density at radius 1 is 1.00 bits per heavy atom. The van der Waals surface area contributed by atoms with Gasteiger partial charge < -0.3 is 9.88 Å². The quantitative estimate of drug-likeness (QED) is 0.302. The molecule has 0 radical (unpaired) electrons. The third-order valence-electron chi connectivity index (χ3n) is 9.24. The van der Waals surface area contributed by atoms with Crippen LogP contribution in [0.25, 0.3) is 28.5 Å². The number of aromatic nitrogens is 2. The van der Waals surface area contributed by atoms with Crippen LogP contribution in [-0.4, -0.2) is 34.0 Å². The molecule has 38 heavy (non-hydrogen) atoms. The second-order valence-corrected chi connectivity index (χ2v) is 11.1. The fraction of sp³-hybridized carbons (Fsp3) is 0.382. The summed E-state index contributed by atoms with van der Waals surface area (Å²) < 4.78 is 13.7. The smallest absolute Gasteiger partial charge is 0.138 e. The van der Waals surface area contributed by atoms with Gasteiger partial charge in [-0.2, -0.15) is 0 Å². The van der Waals surface area contributed by atoms with E-state index in [-0.39, 0.29) is 11.2 Å². The molecule has 2 heterocycles. The monoisotopic (exact) mass is 507 g/mol. The van der Waals surface area contributed by atoms with Gasteiger partial charge in [0.25, 0.3) is 0 Å². The Hall–Kier alpha value is -3.24. The van der Waals surface area contributed by atoms with Crippen LogP contribution in [0.2, 0.25) is 0 Å². The van der Waals surface area contributed by atoms with E-state index in [1.54, 1.807) is 6.07 Å². The maximum Gasteiger partial charge on any atom is 0.138 e. The van der Waals surface area contributed by atoms with Gasteiger partial charge in [-0.3, -0.25) is 0 Å². The van der Waals surface area contributed by atoms with Crippen molar-refractivity contribution in [2.75, 3.05) is 13.1 Å². The molecule has 1 saturated heterocycles. The number of hydrogen-bond acceptors (Lipinski definition) is 2. The molecule has 1 aliphatic heterocycles. The molecule has 4 atom stereocenters. The summed E-state index contributed by atoms with van der Waals surface area (Å²) in [4.78, 5) is 10.9. The molecule has 1 aromatic heterocycles. The Balaban J connectivity index is 0.00000129. The van der Waals surface area contributed by atoms with Crippen LogP contribution in [0, 0.1) is 11.7 Å². The number of nitrogens with zero attached hydrogens (tertiary/aromatic N) is 2. The van der Waals surface area contributed by atoms with Gasteiger partial charge in [0.05, 0.1) is 11.0 Å². The molecule has 4 aromatic rings. The van der Waals surface area contributed by atoms with Crippen LogP contribution < -0.4 is 0 Å². The van der Waals surface area contributed by atoms with Gasteiger partial charge in [-0.05, 0) is 79.0 Å². The van der Waals surface area contributed by atoms with Crippen molar-refractivity contribution in [3.8, 4) is 11.4 Å². The molecule has 4 unspecified atom stereocenters. The average Bonchev–Trinajstić information content (AvgIpc) is 3.69. The molecule has 7 rings (SSSR count). The number of fused-ring (bicyclic) bond motifs is 3. The molecule has 2 aliphatic carbocycles. The number of rotatable bonds is 3. The zero-order valence-electron chi connectivity index (χ0n) is 22.8. The highest BCUT2D eigenvalue weighted by molar-refractivity contribution is 5.80. The molecule has 1 saturated carbocycles. The Bertz CT molecular complexity index is 1470. The normalized spacial score (nSPS) is 26.5. The van der Waals surface area contributed by atoms with Gasteiger partial charge >= 0.3 is 0 Å². The second-order valence-electron chi connectivity index (χ2n) is 11.1. The first-order valence-electron chi connectivity index (χ1n) is 14.4. The van der Waals surface area contributed by atoms with E-state index in [1.165, 1.54) is 54.5 Å². The van der Waals surface area contributed by atoms with E-state index in [1.807, 2.05) is 13.8 Å². The first-order valence-corrected chi connectivity index (χ1v) is 14.4. The average molecular weight is 508 g/mol. The third-order valence-corrected chi connectivity index (χ3v) is 9.24. The van der Waals surface area contributed by atoms with Gasteiger partial charge in [-0.1, -0.05) is 81.5 Å². The fourth-order valence-electron chi connectivity index (χ4n) is 7.30. The van der Waals surface area contributed by atoms with E-state index in [0.29, 0.717) is 17.9 Å². The molecule has 1 N–H and O–H groups in total. The van der Waals surface area contributed by atoms with Crippen LogP contribution in [0.15, 0.2) is 72.8 Å². The summed E-state index contributed by atoms with van der Waals surface area (Å²) in [6.45, 7) is 8.77. The Labute approximate surface area is 225 Å². The molecule has 0 bridgehead atoms. The number of piperidine rings is 1. The number of halogens is 1. The number of H-pyrrole nitrogens is 1. The van der Waals surface area contributed by atoms with Gasteiger partial charge in [0.1, 0.15) is 11.6 Å². The number of allylic oxidation sites excluding steroid dienone is 1. The molecule has 1 spiro atoms. The zero-order chi connectivity index (χ0) is 26.3. The molecule has 196 valence electrons. The summed E-state index contributed by atoms with van der Waals surface area (Å²) in [5.41, 5.74) is 7.22. The standard InChI is InChI=1S/C32H32FN3.C2H6/c1-21-20-36(17-16-32(21)15-14-22-6-2-5-9-28(22)32)25-12-10-23(18-25)26-7-3-4-8-27(26)31-34-29-13-11-24(33)19-30(29)35-31;1-2/h2-9,11,13-15,19,21,23,25H,10,12,16-18,20H2,1H3,(H,34,35);1-2H3. The van der Waals surface area contributed by atoms with Crippen molar-refractivity contribution in [3.63, 3.8) is 0 Å². The van der Waals surface area contributed by atoms with Gasteiger partial charge in [-0.25, -0.2) is 9.37 Å². The number of aromatic amines is 1. The molecular weight excluding hydrogens is 469 g/mol. The lowest BCUT2D eigenvalue weighted by Crippen LogP contribution is -2.50. The molecule has 3 nitrogen and oxygen atoms in total. The van der Waals surface area contributed by atoms with Crippen molar-refractivity contribution in [1.29, 1.82) is 0 Å². The van der Waals surface area contributed by atoms with E-state index in [2.05, 4.69) is 77.5 Å². The van der Waals surface area contributed by atoms with E-state index in [0.717, 1.165) is 35.5 Å². The lowest BCUT2D eigenvalue weighted by atomic mass is 9.68. The fourth-order valence-corrected chi connectivity index (χ4v) is 7.30. The van der Waals surface area contributed by atoms with Crippen LogP contribution in [0.5, 0.6) is 0 Å². The first-order chi connectivity index (χ1) is 18.6. The van der Waals surface area contributed by atoms with E-state index >= 15 is 0 Å². The molecule has 0 amide bonds. The Morgan fingerprint density at radius 2 is 1.82 bits per heavy atom. The zero-order valence-corrected chi connectivity index (χ0v) is 22.8. The van der Waals surface area contributed by atoms with Crippen molar-refractivity contribution in [1.82, 2.24) is 14.9 Å². The van der Waals surface area contributed by atoms with Crippen LogP contribution in [0.1, 0.15) is 69.1 Å². The number of likely N-dealkylation sites (tertiary alicyclic amines) is 1. The highest BCUT2D eigenvalue weighted by Crippen LogP contribution is 2.49. The van der Waals surface area contributed by atoms with E-state index in [9.17, 15) is 4.39 Å². The maximum atomic E-state index is 13.7. The van der Waals surface area contributed by atoms with Gasteiger partial charge in [-0.15, -0.1) is 0 Å². The van der Waals surface area contributed by atoms with Gasteiger partial charge in [0, 0.05) is 23.6 Å². The SMILES string of the molecule is CC.CC1CN(C2CCC(c3ccccc3-c3nc4ccc(F)cc4[nH]3)C2)CCC12C=Cc1ccccc12. The minimum Gasteiger partial charge on any atom is -0.338 e. The minimum absolute atomic E-state index is 0.207. The van der Waals surface area contributed by atoms with Crippen molar-refractivity contribution >= 4 is 17.1 Å². The summed E-state index contributed by atoms with van der Waals surface area (Å²) in [5.74, 6) is 1.73. The Morgan fingerprint density at radius 3 is 2.68 bits per heavy atom. The molecule has 4 heteroatoms. The lowest BCUT2D eigenvalue weighted by Gasteiger charge is -2.46. The number of nitrogens with one attached hydrogen (secondary N) is 1. The van der Waals surface area contributed by atoms with Crippen molar-refractivity contribution in [3.05, 3.63) is 95.3 Å². The van der Waals surface area contributed by atoms with Crippen molar-refractivity contribution in [2.24, 2.45) is 5.92 Å². The molecule has 2 fully saturated rings. The lowest BCUT2D eigenvalue weighted by molar-refractivity contribution is 0.0898. The summed E-state index contributed by atoms with van der Waals surface area (Å²) in [5, 5.41) is 0. The Kier molecular flexibility index (Phi) is 6.69. The largest absolute Gasteiger partial charge is 0.338 e. The second kappa shape index (κ2) is 10.1. The van der Waals surface area contributed by atoms with E-state index < -0.39 is 0 Å². The summed E-state index contributed by atoms with van der Waals surface area (Å²) in [7, 11) is 0. The number of hydrogen-bond donors (Lipinski definition) is 1. The van der Waals surface area contributed by atoms with Crippen LogP contribution >= 0.6 is 0 Å². The van der Waals surface area contributed by atoms with Gasteiger partial charge in [0.2, 0.25) is 0 Å². The van der Waals surface area contributed by atoms with Crippen molar-refractivity contribution < 1.29 is 4.39 Å². The van der Waals surface area contributed by atoms with Crippen molar-refractivity contribution in [2.45, 2.75) is 63.8 Å².